The minimum atomic E-state index is 0.956. The van der Waals surface area contributed by atoms with Gasteiger partial charge in [0.2, 0.25) is 0 Å². The Bertz CT molecular complexity index is 396. The van der Waals surface area contributed by atoms with Gasteiger partial charge in [0.05, 0.1) is 7.11 Å². The molecule has 0 radical (unpaired) electrons. The lowest BCUT2D eigenvalue weighted by molar-refractivity contribution is 0.414. The fourth-order valence-corrected chi connectivity index (χ4v) is 2.07. The molecule has 0 spiro atoms. The molecule has 1 N–H and O–H groups in total. The molecule has 0 bridgehead atoms. The molecule has 16 heavy (non-hydrogen) atoms. The van der Waals surface area contributed by atoms with Crippen LogP contribution in [0.2, 0.25) is 0 Å². The van der Waals surface area contributed by atoms with Crippen LogP contribution >= 0.6 is 0 Å². The quantitative estimate of drug-likeness (QED) is 0.780. The fourth-order valence-electron chi connectivity index (χ4n) is 2.07. The third-order valence-corrected chi connectivity index (χ3v) is 2.96. The molecule has 86 valence electrons. The van der Waals surface area contributed by atoms with E-state index in [4.69, 9.17) is 4.74 Å². The average Bonchev–Trinajstić information content (AvgIpc) is 2.38. The summed E-state index contributed by atoms with van der Waals surface area (Å²) in [5.41, 5.74) is 4.11. The molecule has 1 aromatic rings. The number of hydrogen-bond acceptors (Lipinski definition) is 2. The normalized spacial score (nSPS) is 19.8. The van der Waals surface area contributed by atoms with Crippen molar-refractivity contribution in [1.29, 1.82) is 0 Å². The van der Waals surface area contributed by atoms with Gasteiger partial charge in [-0.25, -0.2) is 0 Å². The van der Waals surface area contributed by atoms with Crippen LogP contribution in [-0.4, -0.2) is 20.2 Å². The SMILES string of the molecule is COc1ccc2c(c1)CCCNC/C(C)=C/2. The number of rotatable bonds is 1. The van der Waals surface area contributed by atoms with Crippen molar-refractivity contribution < 1.29 is 4.74 Å². The van der Waals surface area contributed by atoms with Crippen molar-refractivity contribution in [3.05, 3.63) is 34.9 Å². The number of methoxy groups -OCH3 is 1. The van der Waals surface area contributed by atoms with Gasteiger partial charge in [0, 0.05) is 6.54 Å². The summed E-state index contributed by atoms with van der Waals surface area (Å²) in [6.07, 6.45) is 4.57. The molecule has 1 aromatic carbocycles. The zero-order chi connectivity index (χ0) is 11.4. The van der Waals surface area contributed by atoms with Gasteiger partial charge in [-0.3, -0.25) is 0 Å². The molecule has 0 aromatic heterocycles. The van der Waals surface area contributed by atoms with E-state index in [1.807, 2.05) is 6.07 Å². The first-order valence-electron chi connectivity index (χ1n) is 5.84. The topological polar surface area (TPSA) is 21.3 Å². The maximum Gasteiger partial charge on any atom is 0.119 e. The first kappa shape index (κ1) is 11.2. The summed E-state index contributed by atoms with van der Waals surface area (Å²) in [4.78, 5) is 0. The van der Waals surface area contributed by atoms with Crippen LogP contribution in [0, 0.1) is 0 Å². The molecule has 0 amide bonds. The van der Waals surface area contributed by atoms with E-state index in [9.17, 15) is 0 Å². The molecule has 0 fully saturated rings. The Kier molecular flexibility index (Phi) is 3.62. The van der Waals surface area contributed by atoms with E-state index in [2.05, 4.69) is 30.4 Å². The highest BCUT2D eigenvalue weighted by molar-refractivity contribution is 5.58. The highest BCUT2D eigenvalue weighted by atomic mass is 16.5. The standard InChI is InChI=1S/C14H19NO/c1-11-8-13-5-6-14(16-2)9-12(13)4-3-7-15-10-11/h5-6,8-9,15H,3-4,7,10H2,1-2H3/b11-8+. The molecular formula is C14H19NO. The van der Waals surface area contributed by atoms with Gasteiger partial charge in [0.15, 0.2) is 0 Å². The van der Waals surface area contributed by atoms with E-state index in [1.54, 1.807) is 7.11 Å². The maximum atomic E-state index is 5.27. The lowest BCUT2D eigenvalue weighted by Crippen LogP contribution is -2.17. The summed E-state index contributed by atoms with van der Waals surface area (Å²) >= 11 is 0. The van der Waals surface area contributed by atoms with Crippen LogP contribution in [0.4, 0.5) is 0 Å². The molecule has 1 aliphatic heterocycles. The van der Waals surface area contributed by atoms with Crippen LogP contribution in [-0.2, 0) is 6.42 Å². The Morgan fingerprint density at radius 2 is 2.19 bits per heavy atom. The lowest BCUT2D eigenvalue weighted by Gasteiger charge is -2.08. The molecule has 2 heteroatoms. The van der Waals surface area contributed by atoms with E-state index >= 15 is 0 Å². The Hall–Kier alpha value is -1.28. The zero-order valence-corrected chi connectivity index (χ0v) is 10.0. The largest absolute Gasteiger partial charge is 0.497 e. The van der Waals surface area contributed by atoms with Crippen LogP contribution in [0.3, 0.4) is 0 Å². The molecular weight excluding hydrogens is 198 g/mol. The van der Waals surface area contributed by atoms with Crippen molar-refractivity contribution in [2.75, 3.05) is 20.2 Å². The predicted octanol–water partition coefficient (Wildman–Crippen LogP) is 2.63. The summed E-state index contributed by atoms with van der Waals surface area (Å²) in [6.45, 7) is 4.25. The predicted molar refractivity (Wildman–Crippen MR) is 67.8 cm³/mol. The van der Waals surface area contributed by atoms with Crippen molar-refractivity contribution in [2.45, 2.75) is 19.8 Å². The molecule has 0 saturated heterocycles. The van der Waals surface area contributed by atoms with E-state index in [-0.39, 0.29) is 0 Å². The van der Waals surface area contributed by atoms with Crippen LogP contribution < -0.4 is 10.1 Å². The number of hydrogen-bond donors (Lipinski definition) is 1. The first-order valence-corrected chi connectivity index (χ1v) is 5.84. The molecule has 1 heterocycles. The van der Waals surface area contributed by atoms with Gasteiger partial charge in [-0.15, -0.1) is 0 Å². The van der Waals surface area contributed by atoms with E-state index in [1.165, 1.54) is 23.1 Å². The van der Waals surface area contributed by atoms with E-state index in [0.29, 0.717) is 0 Å². The molecule has 0 aliphatic carbocycles. The van der Waals surface area contributed by atoms with Crippen LogP contribution in [0.25, 0.3) is 6.08 Å². The van der Waals surface area contributed by atoms with Gasteiger partial charge < -0.3 is 10.1 Å². The maximum absolute atomic E-state index is 5.27. The smallest absolute Gasteiger partial charge is 0.119 e. The lowest BCUT2D eigenvalue weighted by atomic mass is 10.0. The number of benzene rings is 1. The summed E-state index contributed by atoms with van der Waals surface area (Å²) in [6, 6.07) is 6.35. The molecule has 2 nitrogen and oxygen atoms in total. The Balaban J connectivity index is 2.36. The minimum absolute atomic E-state index is 0.956. The summed E-state index contributed by atoms with van der Waals surface area (Å²) in [5.74, 6) is 0.956. The van der Waals surface area contributed by atoms with Crippen molar-refractivity contribution >= 4 is 6.08 Å². The first-order chi connectivity index (χ1) is 7.79. The molecule has 0 atom stereocenters. The number of aryl methyl sites for hydroxylation is 1. The number of nitrogens with one attached hydrogen (secondary N) is 1. The highest BCUT2D eigenvalue weighted by Crippen LogP contribution is 2.22. The van der Waals surface area contributed by atoms with Crippen LogP contribution in [0.5, 0.6) is 5.75 Å². The molecule has 2 rings (SSSR count). The molecule has 1 aliphatic rings. The molecule has 0 saturated carbocycles. The summed E-state index contributed by atoms with van der Waals surface area (Å²) in [7, 11) is 1.72. The van der Waals surface area contributed by atoms with Crippen molar-refractivity contribution in [2.24, 2.45) is 0 Å². The van der Waals surface area contributed by atoms with Crippen LogP contribution in [0.15, 0.2) is 23.8 Å². The van der Waals surface area contributed by atoms with Crippen molar-refractivity contribution in [3.63, 3.8) is 0 Å². The zero-order valence-electron chi connectivity index (χ0n) is 10.0. The van der Waals surface area contributed by atoms with Gasteiger partial charge in [-0.05, 0) is 49.6 Å². The number of fused-ring (bicyclic) bond motifs is 1. The summed E-state index contributed by atoms with van der Waals surface area (Å²) in [5, 5.41) is 3.44. The monoisotopic (exact) mass is 217 g/mol. The number of ether oxygens (including phenoxy) is 1. The third-order valence-electron chi connectivity index (χ3n) is 2.96. The Labute approximate surface area is 97.3 Å². The third kappa shape index (κ3) is 2.64. The average molecular weight is 217 g/mol. The van der Waals surface area contributed by atoms with Gasteiger partial charge in [-0.2, -0.15) is 0 Å². The van der Waals surface area contributed by atoms with Gasteiger partial charge >= 0.3 is 0 Å². The second-order valence-corrected chi connectivity index (χ2v) is 4.34. The summed E-state index contributed by atoms with van der Waals surface area (Å²) < 4.78 is 5.27. The van der Waals surface area contributed by atoms with Crippen molar-refractivity contribution in [1.82, 2.24) is 5.32 Å². The van der Waals surface area contributed by atoms with Crippen molar-refractivity contribution in [3.8, 4) is 5.75 Å². The van der Waals surface area contributed by atoms with Gasteiger partial charge in [-0.1, -0.05) is 17.7 Å². The van der Waals surface area contributed by atoms with Gasteiger partial charge in [0.1, 0.15) is 5.75 Å². The van der Waals surface area contributed by atoms with E-state index < -0.39 is 0 Å². The Morgan fingerprint density at radius 1 is 1.31 bits per heavy atom. The Morgan fingerprint density at radius 3 is 3.00 bits per heavy atom. The van der Waals surface area contributed by atoms with E-state index in [0.717, 1.165) is 25.3 Å². The second-order valence-electron chi connectivity index (χ2n) is 4.34. The highest BCUT2D eigenvalue weighted by Gasteiger charge is 2.05. The molecule has 0 unspecified atom stereocenters. The van der Waals surface area contributed by atoms with Crippen LogP contribution in [0.1, 0.15) is 24.5 Å². The second kappa shape index (κ2) is 5.17. The van der Waals surface area contributed by atoms with Gasteiger partial charge in [0.25, 0.3) is 0 Å². The minimum Gasteiger partial charge on any atom is -0.497 e. The fraction of sp³-hybridized carbons (Fsp3) is 0.429.